The highest BCUT2D eigenvalue weighted by molar-refractivity contribution is 5.85. The molecule has 0 saturated heterocycles. The van der Waals surface area contributed by atoms with Gasteiger partial charge in [-0.05, 0) is 27.8 Å². The highest BCUT2D eigenvalue weighted by Crippen LogP contribution is 2.12. The fraction of sp³-hybridized carbons (Fsp3) is 0.636. The van der Waals surface area contributed by atoms with Gasteiger partial charge in [0, 0.05) is 18.2 Å². The maximum absolute atomic E-state index is 11.6. The highest BCUT2D eigenvalue weighted by Gasteiger charge is 2.13. The molecule has 0 aliphatic carbocycles. The first-order valence-corrected chi connectivity index (χ1v) is 5.40. The minimum absolute atomic E-state index is 0. The predicted octanol–water partition coefficient (Wildman–Crippen LogP) is 0.980. The Kier molecular flexibility index (Phi) is 6.83. The van der Waals surface area contributed by atoms with Crippen LogP contribution in [0, 0.1) is 13.8 Å². The van der Waals surface area contributed by atoms with Gasteiger partial charge in [0.2, 0.25) is 5.91 Å². The Morgan fingerprint density at radius 3 is 2.59 bits per heavy atom. The van der Waals surface area contributed by atoms with Gasteiger partial charge in [-0.3, -0.25) is 4.79 Å². The SMILES string of the molecule is CNC(C)CNC(=O)Cc1c(C)noc1C.Cl. The van der Waals surface area contributed by atoms with E-state index in [0.717, 1.165) is 11.3 Å². The maximum atomic E-state index is 11.6. The molecule has 0 fully saturated rings. The minimum atomic E-state index is -0.00324. The van der Waals surface area contributed by atoms with Crippen molar-refractivity contribution in [2.75, 3.05) is 13.6 Å². The van der Waals surface area contributed by atoms with E-state index in [-0.39, 0.29) is 24.4 Å². The highest BCUT2D eigenvalue weighted by atomic mass is 35.5. The van der Waals surface area contributed by atoms with E-state index in [1.165, 1.54) is 0 Å². The molecule has 0 aliphatic heterocycles. The molecule has 0 saturated carbocycles. The molecule has 1 rings (SSSR count). The molecule has 1 unspecified atom stereocenters. The molecule has 17 heavy (non-hydrogen) atoms. The lowest BCUT2D eigenvalue weighted by Gasteiger charge is -2.11. The van der Waals surface area contributed by atoms with Crippen LogP contribution in [-0.4, -0.2) is 30.7 Å². The summed E-state index contributed by atoms with van der Waals surface area (Å²) in [6.45, 7) is 6.29. The molecule has 0 spiro atoms. The average Bonchev–Trinajstić information content (AvgIpc) is 2.57. The molecule has 2 N–H and O–H groups in total. The summed E-state index contributed by atoms with van der Waals surface area (Å²) in [6, 6.07) is 0.272. The zero-order valence-corrected chi connectivity index (χ0v) is 11.5. The Balaban J connectivity index is 0.00000256. The third-order valence-corrected chi connectivity index (χ3v) is 2.62. The second-order valence-electron chi connectivity index (χ2n) is 3.97. The lowest BCUT2D eigenvalue weighted by atomic mass is 10.1. The summed E-state index contributed by atoms with van der Waals surface area (Å²) in [6.07, 6.45) is 0.331. The van der Waals surface area contributed by atoms with Crippen molar-refractivity contribution in [1.82, 2.24) is 15.8 Å². The van der Waals surface area contributed by atoms with Gasteiger partial charge in [0.05, 0.1) is 12.1 Å². The van der Waals surface area contributed by atoms with E-state index in [4.69, 9.17) is 4.52 Å². The standard InChI is InChI=1S/C11H19N3O2.ClH/c1-7(12-4)6-13-11(15)5-10-8(2)14-16-9(10)3;/h7,12H,5-6H2,1-4H3,(H,13,15);1H. The second-order valence-corrected chi connectivity index (χ2v) is 3.97. The van der Waals surface area contributed by atoms with Crippen LogP contribution in [0.25, 0.3) is 0 Å². The summed E-state index contributed by atoms with van der Waals surface area (Å²) in [4.78, 5) is 11.6. The third-order valence-electron chi connectivity index (χ3n) is 2.62. The molecule has 0 aromatic carbocycles. The number of hydrogen-bond acceptors (Lipinski definition) is 4. The fourth-order valence-electron chi connectivity index (χ4n) is 1.35. The number of carbonyl (C=O) groups is 1. The Labute approximate surface area is 108 Å². The van der Waals surface area contributed by atoms with Crippen molar-refractivity contribution in [2.45, 2.75) is 33.2 Å². The summed E-state index contributed by atoms with van der Waals surface area (Å²) >= 11 is 0. The molecule has 1 heterocycles. The number of amides is 1. The van der Waals surface area contributed by atoms with Crippen molar-refractivity contribution in [2.24, 2.45) is 0 Å². The van der Waals surface area contributed by atoms with Gasteiger partial charge in [0.15, 0.2) is 0 Å². The first-order valence-electron chi connectivity index (χ1n) is 5.40. The molecule has 1 aromatic heterocycles. The van der Waals surface area contributed by atoms with Gasteiger partial charge in [-0.1, -0.05) is 5.16 Å². The molecule has 0 bridgehead atoms. The van der Waals surface area contributed by atoms with E-state index >= 15 is 0 Å². The lowest BCUT2D eigenvalue weighted by molar-refractivity contribution is -0.120. The Morgan fingerprint density at radius 2 is 2.12 bits per heavy atom. The van der Waals surface area contributed by atoms with Crippen molar-refractivity contribution in [3.8, 4) is 0 Å². The topological polar surface area (TPSA) is 67.2 Å². The normalized spacial score (nSPS) is 11.8. The summed E-state index contributed by atoms with van der Waals surface area (Å²) in [5, 5.41) is 9.72. The van der Waals surface area contributed by atoms with Gasteiger partial charge in [0.25, 0.3) is 0 Å². The molecular formula is C11H20ClN3O2. The Morgan fingerprint density at radius 1 is 1.47 bits per heavy atom. The Bertz CT molecular complexity index is 346. The van der Waals surface area contributed by atoms with Crippen molar-refractivity contribution < 1.29 is 9.32 Å². The summed E-state index contributed by atoms with van der Waals surface area (Å²) in [5.74, 6) is 0.714. The monoisotopic (exact) mass is 261 g/mol. The number of hydrogen-bond donors (Lipinski definition) is 2. The molecule has 5 nitrogen and oxygen atoms in total. The molecule has 0 radical (unpaired) electrons. The van der Waals surface area contributed by atoms with Crippen LogP contribution in [0.5, 0.6) is 0 Å². The van der Waals surface area contributed by atoms with E-state index in [2.05, 4.69) is 15.8 Å². The van der Waals surface area contributed by atoms with Gasteiger partial charge in [-0.15, -0.1) is 12.4 Å². The van der Waals surface area contributed by atoms with Gasteiger partial charge in [0.1, 0.15) is 5.76 Å². The number of nitrogens with zero attached hydrogens (tertiary/aromatic N) is 1. The van der Waals surface area contributed by atoms with Gasteiger partial charge >= 0.3 is 0 Å². The molecule has 1 atom stereocenters. The quantitative estimate of drug-likeness (QED) is 0.829. The van der Waals surface area contributed by atoms with Crippen molar-refractivity contribution >= 4 is 18.3 Å². The third kappa shape index (κ3) is 4.75. The zero-order chi connectivity index (χ0) is 12.1. The maximum Gasteiger partial charge on any atom is 0.224 e. The van der Waals surface area contributed by atoms with E-state index in [1.807, 2.05) is 27.8 Å². The van der Waals surface area contributed by atoms with E-state index in [0.29, 0.717) is 18.7 Å². The fourth-order valence-corrected chi connectivity index (χ4v) is 1.35. The molecule has 0 aliphatic rings. The number of likely N-dealkylation sites (N-methyl/N-ethyl adjacent to an activating group) is 1. The summed E-state index contributed by atoms with van der Waals surface area (Å²) < 4.78 is 5.00. The first kappa shape index (κ1) is 15.9. The van der Waals surface area contributed by atoms with E-state index in [1.54, 1.807) is 0 Å². The van der Waals surface area contributed by atoms with Crippen LogP contribution in [0.15, 0.2) is 4.52 Å². The van der Waals surface area contributed by atoms with E-state index < -0.39 is 0 Å². The summed E-state index contributed by atoms with van der Waals surface area (Å²) in [7, 11) is 1.87. The molecular weight excluding hydrogens is 242 g/mol. The summed E-state index contributed by atoms with van der Waals surface area (Å²) in [5.41, 5.74) is 1.67. The number of halogens is 1. The van der Waals surface area contributed by atoms with Crippen molar-refractivity contribution in [3.63, 3.8) is 0 Å². The van der Waals surface area contributed by atoms with Crippen LogP contribution in [0.4, 0.5) is 0 Å². The smallest absolute Gasteiger partial charge is 0.224 e. The van der Waals surface area contributed by atoms with Crippen molar-refractivity contribution in [3.05, 3.63) is 17.0 Å². The molecule has 98 valence electrons. The van der Waals surface area contributed by atoms with Crippen LogP contribution in [-0.2, 0) is 11.2 Å². The van der Waals surface area contributed by atoms with Crippen LogP contribution in [0.1, 0.15) is 23.9 Å². The predicted molar refractivity (Wildman–Crippen MR) is 68.5 cm³/mol. The largest absolute Gasteiger partial charge is 0.361 e. The zero-order valence-electron chi connectivity index (χ0n) is 10.7. The van der Waals surface area contributed by atoms with Crippen LogP contribution in [0.2, 0.25) is 0 Å². The van der Waals surface area contributed by atoms with Crippen molar-refractivity contribution in [1.29, 1.82) is 0 Å². The molecule has 6 heteroatoms. The average molecular weight is 262 g/mol. The second kappa shape index (κ2) is 7.29. The van der Waals surface area contributed by atoms with Crippen LogP contribution >= 0.6 is 12.4 Å². The molecule has 1 aromatic rings. The number of nitrogens with one attached hydrogen (secondary N) is 2. The first-order chi connectivity index (χ1) is 7.54. The number of aromatic nitrogens is 1. The Hall–Kier alpha value is -1.07. The van der Waals surface area contributed by atoms with Crippen LogP contribution < -0.4 is 10.6 Å². The van der Waals surface area contributed by atoms with E-state index in [9.17, 15) is 4.79 Å². The van der Waals surface area contributed by atoms with Crippen LogP contribution in [0.3, 0.4) is 0 Å². The number of rotatable bonds is 5. The number of aryl methyl sites for hydroxylation is 2. The van der Waals surface area contributed by atoms with Gasteiger partial charge < -0.3 is 15.2 Å². The lowest BCUT2D eigenvalue weighted by Crippen LogP contribution is -2.37. The van der Waals surface area contributed by atoms with Gasteiger partial charge in [-0.25, -0.2) is 0 Å². The molecule has 1 amide bonds. The van der Waals surface area contributed by atoms with Gasteiger partial charge in [-0.2, -0.15) is 0 Å². The minimum Gasteiger partial charge on any atom is -0.361 e. The number of carbonyl (C=O) groups excluding carboxylic acids is 1.